The van der Waals surface area contributed by atoms with E-state index in [0.29, 0.717) is 41.7 Å². The van der Waals surface area contributed by atoms with E-state index < -0.39 is 23.5 Å². The Labute approximate surface area is 237 Å². The van der Waals surface area contributed by atoms with Crippen LogP contribution in [0.5, 0.6) is 0 Å². The average molecular weight is 577 g/mol. The van der Waals surface area contributed by atoms with Crippen molar-refractivity contribution in [3.63, 3.8) is 0 Å². The molecule has 1 aliphatic heterocycles. The van der Waals surface area contributed by atoms with Gasteiger partial charge in [0.25, 0.3) is 0 Å². The zero-order valence-corrected chi connectivity index (χ0v) is 22.1. The van der Waals surface area contributed by atoms with Crippen molar-refractivity contribution in [1.82, 2.24) is 19.9 Å². The lowest BCUT2D eigenvalue weighted by molar-refractivity contribution is -0.137. The number of nitrogens with zero attached hydrogens (tertiary/aromatic N) is 4. The van der Waals surface area contributed by atoms with Gasteiger partial charge in [-0.3, -0.25) is 9.78 Å². The number of morpholine rings is 1. The van der Waals surface area contributed by atoms with E-state index in [-0.39, 0.29) is 12.1 Å². The Morgan fingerprint density at radius 2 is 1.81 bits per heavy atom. The zero-order chi connectivity index (χ0) is 29.3. The van der Waals surface area contributed by atoms with Crippen molar-refractivity contribution in [2.45, 2.75) is 12.6 Å². The summed E-state index contributed by atoms with van der Waals surface area (Å²) in [6.45, 7) is 2.87. The average Bonchev–Trinajstić information content (AvgIpc) is 3.41. The molecule has 0 saturated carbocycles. The summed E-state index contributed by atoms with van der Waals surface area (Å²) in [6.07, 6.45) is 0.302. The van der Waals surface area contributed by atoms with Gasteiger partial charge >= 0.3 is 6.18 Å². The maximum Gasteiger partial charge on any atom is 0.417 e. The van der Waals surface area contributed by atoms with Crippen LogP contribution in [0, 0.1) is 5.82 Å². The van der Waals surface area contributed by atoms with Gasteiger partial charge in [0.2, 0.25) is 5.91 Å². The van der Waals surface area contributed by atoms with Crippen molar-refractivity contribution in [3.8, 4) is 22.4 Å². The predicted molar refractivity (Wildman–Crippen MR) is 149 cm³/mol. The largest absolute Gasteiger partial charge is 0.417 e. The van der Waals surface area contributed by atoms with E-state index in [0.717, 1.165) is 47.8 Å². The summed E-state index contributed by atoms with van der Waals surface area (Å²) in [6, 6.07) is 12.9. The highest BCUT2D eigenvalue weighted by Crippen LogP contribution is 2.31. The molecule has 5 aromatic rings. The summed E-state index contributed by atoms with van der Waals surface area (Å²) in [4.78, 5) is 30.4. The van der Waals surface area contributed by atoms with Gasteiger partial charge in [0.1, 0.15) is 17.3 Å². The van der Waals surface area contributed by atoms with E-state index in [2.05, 4.69) is 30.2 Å². The number of aromatic amines is 1. The Bertz CT molecular complexity index is 1760. The van der Waals surface area contributed by atoms with Crippen LogP contribution >= 0.6 is 0 Å². The predicted octanol–water partition coefficient (Wildman–Crippen LogP) is 5.86. The zero-order valence-electron chi connectivity index (χ0n) is 22.1. The fraction of sp³-hybridized carbons (Fsp3) is 0.200. The number of carbonyl (C=O) groups is 1. The SMILES string of the molecule is O=C(Cc1ccc(-c2cnc3[nH]c(-c4ccnc(N5CCOCC5)c4)cc3c2)c(F)c1)Nc1cncc(C(F)(F)F)c1. The van der Waals surface area contributed by atoms with Crippen LogP contribution in [0.4, 0.5) is 29.1 Å². The van der Waals surface area contributed by atoms with Gasteiger partial charge in [0.05, 0.1) is 37.1 Å². The Morgan fingerprint density at radius 1 is 0.976 bits per heavy atom. The van der Waals surface area contributed by atoms with Gasteiger partial charge < -0.3 is 19.9 Å². The van der Waals surface area contributed by atoms with Gasteiger partial charge in [0.15, 0.2) is 0 Å². The summed E-state index contributed by atoms with van der Waals surface area (Å²) in [5.41, 5.74) is 2.59. The van der Waals surface area contributed by atoms with Crippen molar-refractivity contribution in [3.05, 3.63) is 90.3 Å². The fourth-order valence-corrected chi connectivity index (χ4v) is 4.83. The highest BCUT2D eigenvalue weighted by Gasteiger charge is 2.31. The maximum atomic E-state index is 15.2. The number of hydrogen-bond acceptors (Lipinski definition) is 6. The summed E-state index contributed by atoms with van der Waals surface area (Å²) in [7, 11) is 0. The number of nitrogens with one attached hydrogen (secondary N) is 2. The molecule has 5 heterocycles. The van der Waals surface area contributed by atoms with Gasteiger partial charge in [0, 0.05) is 59.5 Å². The van der Waals surface area contributed by atoms with Crippen LogP contribution < -0.4 is 10.2 Å². The van der Waals surface area contributed by atoms with E-state index in [4.69, 9.17) is 4.74 Å². The molecule has 1 saturated heterocycles. The van der Waals surface area contributed by atoms with Crippen LogP contribution in [0.2, 0.25) is 0 Å². The number of aromatic nitrogens is 4. The van der Waals surface area contributed by atoms with Gasteiger partial charge in [-0.2, -0.15) is 13.2 Å². The number of fused-ring (bicyclic) bond motifs is 1. The molecule has 0 spiro atoms. The third kappa shape index (κ3) is 5.93. The fourth-order valence-electron chi connectivity index (χ4n) is 4.83. The summed E-state index contributed by atoms with van der Waals surface area (Å²) in [5, 5.41) is 3.17. The molecule has 0 atom stereocenters. The monoisotopic (exact) mass is 576 g/mol. The number of anilines is 2. The minimum Gasteiger partial charge on any atom is -0.378 e. The molecular formula is C30H24F4N6O2. The minimum absolute atomic E-state index is 0.0961. The second-order valence-corrected chi connectivity index (χ2v) is 9.85. The number of halogens is 4. The van der Waals surface area contributed by atoms with E-state index in [1.165, 1.54) is 6.07 Å². The topological polar surface area (TPSA) is 96.0 Å². The van der Waals surface area contributed by atoms with E-state index in [1.54, 1.807) is 24.5 Å². The quantitative estimate of drug-likeness (QED) is 0.246. The first-order valence-corrected chi connectivity index (χ1v) is 13.1. The van der Waals surface area contributed by atoms with Gasteiger partial charge in [-0.15, -0.1) is 0 Å². The Morgan fingerprint density at radius 3 is 2.60 bits per heavy atom. The van der Waals surface area contributed by atoms with E-state index in [9.17, 15) is 18.0 Å². The first-order valence-electron chi connectivity index (χ1n) is 13.1. The minimum atomic E-state index is -4.59. The molecule has 1 fully saturated rings. The Hall–Kier alpha value is -4.84. The van der Waals surface area contributed by atoms with Crippen molar-refractivity contribution in [2.24, 2.45) is 0 Å². The number of hydrogen-bond donors (Lipinski definition) is 2. The number of rotatable bonds is 6. The summed E-state index contributed by atoms with van der Waals surface area (Å²) >= 11 is 0. The highest BCUT2D eigenvalue weighted by molar-refractivity contribution is 5.92. The van der Waals surface area contributed by atoms with Gasteiger partial charge in [-0.25, -0.2) is 14.4 Å². The molecule has 0 bridgehead atoms. The van der Waals surface area contributed by atoms with Gasteiger partial charge in [-0.1, -0.05) is 12.1 Å². The smallest absolute Gasteiger partial charge is 0.378 e. The summed E-state index contributed by atoms with van der Waals surface area (Å²) < 4.78 is 59.3. The van der Waals surface area contributed by atoms with Crippen LogP contribution in [-0.4, -0.2) is 52.1 Å². The molecule has 214 valence electrons. The van der Waals surface area contributed by atoms with Crippen molar-refractivity contribution < 1.29 is 27.1 Å². The van der Waals surface area contributed by atoms with Crippen LogP contribution in [0.25, 0.3) is 33.4 Å². The molecular weight excluding hydrogens is 552 g/mol. The lowest BCUT2D eigenvalue weighted by atomic mass is 10.0. The van der Waals surface area contributed by atoms with Crippen LogP contribution in [-0.2, 0) is 22.1 Å². The number of alkyl halides is 3. The number of H-pyrrole nitrogens is 1. The van der Waals surface area contributed by atoms with Crippen molar-refractivity contribution in [1.29, 1.82) is 0 Å². The molecule has 2 N–H and O–H groups in total. The number of ether oxygens (including phenoxy) is 1. The molecule has 6 rings (SSSR count). The van der Waals surface area contributed by atoms with Crippen molar-refractivity contribution in [2.75, 3.05) is 36.5 Å². The molecule has 0 unspecified atom stereocenters. The standard InChI is InChI=1S/C30H24F4N6O2/c31-25-9-18(10-28(41)38-23-14-22(16-35-17-23)30(32,33)34)1-2-24(25)21-11-20-12-26(39-29(20)37-15-21)19-3-4-36-27(13-19)40-5-7-42-8-6-40/h1-4,9,11-17H,5-8,10H2,(H,37,39)(H,38,41). The third-order valence-corrected chi connectivity index (χ3v) is 6.92. The second-order valence-electron chi connectivity index (χ2n) is 9.85. The first-order chi connectivity index (χ1) is 20.2. The molecule has 1 aromatic carbocycles. The number of pyridine rings is 3. The Kier molecular flexibility index (Phi) is 7.29. The maximum absolute atomic E-state index is 15.2. The van der Waals surface area contributed by atoms with Crippen LogP contribution in [0.1, 0.15) is 11.1 Å². The third-order valence-electron chi connectivity index (χ3n) is 6.92. The first kappa shape index (κ1) is 27.3. The molecule has 8 nitrogen and oxygen atoms in total. The lowest BCUT2D eigenvalue weighted by Crippen LogP contribution is -2.36. The summed E-state index contributed by atoms with van der Waals surface area (Å²) in [5.74, 6) is -0.285. The van der Waals surface area contributed by atoms with Crippen molar-refractivity contribution >= 4 is 28.4 Å². The van der Waals surface area contributed by atoms with E-state index in [1.807, 2.05) is 24.3 Å². The highest BCUT2D eigenvalue weighted by atomic mass is 19.4. The molecule has 0 aliphatic carbocycles. The molecule has 0 radical (unpaired) electrons. The number of benzene rings is 1. The molecule has 4 aromatic heterocycles. The normalized spacial score (nSPS) is 13.9. The van der Waals surface area contributed by atoms with Gasteiger partial charge in [-0.05, 0) is 42.0 Å². The second kappa shape index (κ2) is 11.2. The molecule has 1 aliphatic rings. The van der Waals surface area contributed by atoms with Crippen LogP contribution in [0.3, 0.4) is 0 Å². The Balaban J connectivity index is 1.18. The number of carbonyl (C=O) groups excluding carboxylic acids is 1. The molecule has 1 amide bonds. The van der Waals surface area contributed by atoms with Crippen LogP contribution in [0.15, 0.2) is 73.3 Å². The lowest BCUT2D eigenvalue weighted by Gasteiger charge is -2.27. The van der Waals surface area contributed by atoms with E-state index >= 15 is 4.39 Å². The molecule has 42 heavy (non-hydrogen) atoms. The number of amides is 1. The molecule has 12 heteroatoms.